The molecule has 0 saturated heterocycles. The second-order valence-corrected chi connectivity index (χ2v) is 5.66. The van der Waals surface area contributed by atoms with E-state index in [-0.39, 0.29) is 23.2 Å². The number of carbonyl (C=O) groups excluding carboxylic acids is 1. The van der Waals surface area contributed by atoms with Gasteiger partial charge in [0.2, 0.25) is 5.91 Å². The summed E-state index contributed by atoms with van der Waals surface area (Å²) in [6.45, 7) is 4.72. The van der Waals surface area contributed by atoms with Crippen LogP contribution in [0, 0.1) is 11.8 Å². The first-order valence-corrected chi connectivity index (χ1v) is 6.66. The van der Waals surface area contributed by atoms with Gasteiger partial charge < -0.3 is 10.4 Å². The second-order valence-electron chi connectivity index (χ2n) is 5.11. The van der Waals surface area contributed by atoms with Crippen LogP contribution in [-0.4, -0.2) is 28.9 Å². The molecule has 16 heavy (non-hydrogen) atoms. The molecule has 0 aromatic heterocycles. The van der Waals surface area contributed by atoms with Crippen LogP contribution in [0.15, 0.2) is 0 Å². The Kier molecular flexibility index (Phi) is 5.62. The summed E-state index contributed by atoms with van der Waals surface area (Å²) in [5.41, 5.74) is 0. The third-order valence-electron chi connectivity index (χ3n) is 3.28. The van der Waals surface area contributed by atoms with Gasteiger partial charge >= 0.3 is 0 Å². The van der Waals surface area contributed by atoms with E-state index in [0.29, 0.717) is 5.92 Å². The van der Waals surface area contributed by atoms with Crippen molar-refractivity contribution in [3.63, 3.8) is 0 Å². The first kappa shape index (κ1) is 13.8. The molecule has 0 spiro atoms. The normalized spacial score (nSPS) is 27.8. The molecule has 1 rings (SSSR count). The fourth-order valence-corrected chi connectivity index (χ4v) is 2.09. The van der Waals surface area contributed by atoms with Gasteiger partial charge in [-0.1, -0.05) is 13.8 Å². The Morgan fingerprint density at radius 1 is 1.38 bits per heavy atom. The number of aliphatic hydroxyl groups excluding tert-OH is 1. The van der Waals surface area contributed by atoms with Gasteiger partial charge in [0, 0.05) is 6.54 Å². The van der Waals surface area contributed by atoms with Crippen molar-refractivity contribution >= 4 is 18.5 Å². The van der Waals surface area contributed by atoms with Crippen LogP contribution in [0.2, 0.25) is 0 Å². The molecule has 0 aromatic rings. The van der Waals surface area contributed by atoms with E-state index in [9.17, 15) is 9.90 Å². The highest BCUT2D eigenvalue weighted by Gasteiger charge is 2.22. The number of hydrogen-bond acceptors (Lipinski definition) is 3. The molecule has 0 heterocycles. The summed E-state index contributed by atoms with van der Waals surface area (Å²) in [6.07, 6.45) is 3.64. The minimum Gasteiger partial charge on any atom is -0.393 e. The minimum absolute atomic E-state index is 0.0319. The van der Waals surface area contributed by atoms with Crippen LogP contribution in [0.25, 0.3) is 0 Å². The van der Waals surface area contributed by atoms with Crippen LogP contribution >= 0.6 is 12.6 Å². The smallest absolute Gasteiger partial charge is 0.233 e. The van der Waals surface area contributed by atoms with E-state index in [2.05, 4.69) is 17.9 Å². The summed E-state index contributed by atoms with van der Waals surface area (Å²) in [6, 6.07) is 0. The summed E-state index contributed by atoms with van der Waals surface area (Å²) >= 11 is 4.28. The Morgan fingerprint density at radius 3 is 2.44 bits per heavy atom. The molecule has 1 aliphatic carbocycles. The van der Waals surface area contributed by atoms with Crippen LogP contribution in [-0.2, 0) is 4.79 Å². The maximum Gasteiger partial charge on any atom is 0.233 e. The van der Waals surface area contributed by atoms with Crippen LogP contribution in [0.1, 0.15) is 39.5 Å². The van der Waals surface area contributed by atoms with Gasteiger partial charge in [-0.15, -0.1) is 0 Å². The molecule has 1 aliphatic rings. The van der Waals surface area contributed by atoms with Crippen molar-refractivity contribution in [3.05, 3.63) is 0 Å². The van der Waals surface area contributed by atoms with Crippen LogP contribution in [0.5, 0.6) is 0 Å². The Balaban J connectivity index is 2.22. The number of rotatable bonds is 4. The average molecular weight is 245 g/mol. The highest BCUT2D eigenvalue weighted by atomic mass is 32.1. The quantitative estimate of drug-likeness (QED) is 0.659. The zero-order chi connectivity index (χ0) is 12.1. The molecular formula is C12H23NO2S. The third kappa shape index (κ3) is 4.34. The van der Waals surface area contributed by atoms with Gasteiger partial charge in [0.05, 0.1) is 11.4 Å². The van der Waals surface area contributed by atoms with E-state index in [1.807, 2.05) is 13.8 Å². The number of nitrogens with one attached hydrogen (secondary N) is 1. The van der Waals surface area contributed by atoms with Crippen LogP contribution < -0.4 is 5.32 Å². The SMILES string of the molecule is CC(C)C(S)C(=O)NCC1CCC(O)CC1. The summed E-state index contributed by atoms with van der Waals surface area (Å²) in [4.78, 5) is 11.7. The first-order valence-electron chi connectivity index (χ1n) is 6.14. The number of thiol groups is 1. The molecule has 1 fully saturated rings. The monoisotopic (exact) mass is 245 g/mol. The lowest BCUT2D eigenvalue weighted by atomic mass is 9.87. The maximum absolute atomic E-state index is 11.7. The molecule has 0 aromatic carbocycles. The lowest BCUT2D eigenvalue weighted by Gasteiger charge is -2.26. The topological polar surface area (TPSA) is 49.3 Å². The van der Waals surface area contributed by atoms with Crippen molar-refractivity contribution in [1.82, 2.24) is 5.32 Å². The predicted molar refractivity (Wildman–Crippen MR) is 68.6 cm³/mol. The Bertz CT molecular complexity index is 225. The summed E-state index contributed by atoms with van der Waals surface area (Å²) in [5.74, 6) is 0.820. The van der Waals surface area contributed by atoms with Gasteiger partial charge in [0.25, 0.3) is 0 Å². The number of aliphatic hydroxyl groups is 1. The molecule has 1 unspecified atom stereocenters. The molecule has 94 valence electrons. The van der Waals surface area contributed by atoms with Gasteiger partial charge in [0.15, 0.2) is 0 Å². The molecule has 1 saturated carbocycles. The number of amides is 1. The summed E-state index contributed by atoms with van der Waals surface area (Å²) in [7, 11) is 0. The van der Waals surface area contributed by atoms with Crippen molar-refractivity contribution in [1.29, 1.82) is 0 Å². The van der Waals surface area contributed by atoms with Crippen molar-refractivity contribution in [2.24, 2.45) is 11.8 Å². The van der Waals surface area contributed by atoms with E-state index in [0.717, 1.165) is 32.2 Å². The van der Waals surface area contributed by atoms with Crippen molar-refractivity contribution in [2.45, 2.75) is 50.9 Å². The van der Waals surface area contributed by atoms with Crippen molar-refractivity contribution in [3.8, 4) is 0 Å². The van der Waals surface area contributed by atoms with E-state index in [1.165, 1.54) is 0 Å². The average Bonchev–Trinajstić information content (AvgIpc) is 2.26. The zero-order valence-corrected chi connectivity index (χ0v) is 11.0. The molecular weight excluding hydrogens is 222 g/mol. The summed E-state index contributed by atoms with van der Waals surface area (Å²) in [5, 5.41) is 12.1. The third-order valence-corrected chi connectivity index (χ3v) is 4.11. The fourth-order valence-electron chi connectivity index (χ4n) is 2.00. The molecule has 2 N–H and O–H groups in total. The molecule has 0 radical (unpaired) electrons. The molecule has 0 bridgehead atoms. The number of carbonyl (C=O) groups is 1. The van der Waals surface area contributed by atoms with Crippen LogP contribution in [0.3, 0.4) is 0 Å². The molecule has 1 atom stereocenters. The van der Waals surface area contributed by atoms with Crippen molar-refractivity contribution < 1.29 is 9.90 Å². The Morgan fingerprint density at radius 2 is 1.94 bits per heavy atom. The fraction of sp³-hybridized carbons (Fsp3) is 0.917. The standard InChI is InChI=1S/C12H23NO2S/c1-8(2)11(16)12(15)13-7-9-3-5-10(14)6-4-9/h8-11,14,16H,3-7H2,1-2H3,(H,13,15). The van der Waals surface area contributed by atoms with Crippen molar-refractivity contribution in [2.75, 3.05) is 6.54 Å². The molecule has 4 heteroatoms. The van der Waals surface area contributed by atoms with Gasteiger partial charge in [-0.3, -0.25) is 4.79 Å². The van der Waals surface area contributed by atoms with E-state index < -0.39 is 0 Å². The van der Waals surface area contributed by atoms with Gasteiger partial charge in [-0.2, -0.15) is 12.6 Å². The van der Waals surface area contributed by atoms with Gasteiger partial charge in [-0.05, 0) is 37.5 Å². The lowest BCUT2D eigenvalue weighted by Crippen LogP contribution is -2.38. The predicted octanol–water partition coefficient (Wildman–Crippen LogP) is 1.61. The molecule has 1 amide bonds. The van der Waals surface area contributed by atoms with E-state index in [1.54, 1.807) is 0 Å². The zero-order valence-electron chi connectivity index (χ0n) is 10.1. The van der Waals surface area contributed by atoms with Gasteiger partial charge in [-0.25, -0.2) is 0 Å². The van der Waals surface area contributed by atoms with Crippen LogP contribution in [0.4, 0.5) is 0 Å². The van der Waals surface area contributed by atoms with E-state index >= 15 is 0 Å². The Hall–Kier alpha value is -0.220. The molecule has 0 aliphatic heterocycles. The minimum atomic E-state index is -0.214. The summed E-state index contributed by atoms with van der Waals surface area (Å²) < 4.78 is 0. The highest BCUT2D eigenvalue weighted by Crippen LogP contribution is 2.23. The largest absolute Gasteiger partial charge is 0.393 e. The second kappa shape index (κ2) is 6.50. The highest BCUT2D eigenvalue weighted by molar-refractivity contribution is 7.81. The lowest BCUT2D eigenvalue weighted by molar-refractivity contribution is -0.121. The Labute approximate surface area is 103 Å². The molecule has 3 nitrogen and oxygen atoms in total. The van der Waals surface area contributed by atoms with Gasteiger partial charge in [0.1, 0.15) is 0 Å². The first-order chi connectivity index (χ1) is 7.50. The van der Waals surface area contributed by atoms with E-state index in [4.69, 9.17) is 0 Å². The number of hydrogen-bond donors (Lipinski definition) is 3. The maximum atomic E-state index is 11.7.